The number of amides is 1. The van der Waals surface area contributed by atoms with E-state index in [-0.39, 0.29) is 25.2 Å². The van der Waals surface area contributed by atoms with Gasteiger partial charge in [0.15, 0.2) is 0 Å². The van der Waals surface area contributed by atoms with Crippen molar-refractivity contribution < 1.29 is 36.8 Å². The van der Waals surface area contributed by atoms with E-state index in [0.717, 1.165) is 16.8 Å². The maximum Gasteiger partial charge on any atom is 0.471 e. The van der Waals surface area contributed by atoms with Gasteiger partial charge in [0.05, 0.1) is 10.5 Å². The highest BCUT2D eigenvalue weighted by molar-refractivity contribution is 6.38. The Labute approximate surface area is 217 Å². The first-order chi connectivity index (χ1) is 17.9. The van der Waals surface area contributed by atoms with Gasteiger partial charge in [-0.25, -0.2) is 9.18 Å². The molecule has 2 aromatic carbocycles. The van der Waals surface area contributed by atoms with Crippen LogP contribution >= 0.6 is 11.6 Å². The first-order valence-electron chi connectivity index (χ1n) is 11.0. The molecule has 0 spiro atoms. The lowest BCUT2D eigenvalue weighted by atomic mass is 10.2. The third-order valence-electron chi connectivity index (χ3n) is 5.78. The molecule has 0 bridgehead atoms. The van der Waals surface area contributed by atoms with E-state index in [0.29, 0.717) is 27.8 Å². The average Bonchev–Trinajstić information content (AvgIpc) is 3.45. The highest BCUT2D eigenvalue weighted by atomic mass is 35.5. The number of halogens is 5. The van der Waals surface area contributed by atoms with Gasteiger partial charge in [-0.15, -0.1) is 6.54 Å². The number of benzene rings is 2. The van der Waals surface area contributed by atoms with Crippen molar-refractivity contribution >= 4 is 34.4 Å². The Hall–Kier alpha value is -3.97. The second-order valence-corrected chi connectivity index (χ2v) is 8.86. The van der Waals surface area contributed by atoms with E-state index in [1.807, 2.05) is 28.8 Å². The van der Waals surface area contributed by atoms with Gasteiger partial charge in [-0.2, -0.15) is 18.2 Å². The van der Waals surface area contributed by atoms with Gasteiger partial charge < -0.3 is 25.2 Å². The highest BCUT2D eigenvalue weighted by Crippen LogP contribution is 2.39. The van der Waals surface area contributed by atoms with Gasteiger partial charge in [0, 0.05) is 18.0 Å². The molecule has 1 aliphatic carbocycles. The number of alkyl halides is 3. The van der Waals surface area contributed by atoms with E-state index in [2.05, 4.69) is 10.1 Å². The van der Waals surface area contributed by atoms with Crippen LogP contribution in [0.1, 0.15) is 24.3 Å². The smallest absolute Gasteiger partial charge is 0.471 e. The van der Waals surface area contributed by atoms with Gasteiger partial charge in [-0.3, -0.25) is 4.79 Å². The van der Waals surface area contributed by atoms with Crippen molar-refractivity contribution in [1.29, 1.82) is 0 Å². The molecule has 0 unspecified atom stereocenters. The number of aliphatic carboxylic acids is 1. The summed E-state index contributed by atoms with van der Waals surface area (Å²) in [5.41, 5.74) is 8.77. The van der Waals surface area contributed by atoms with Crippen LogP contribution in [0.4, 0.5) is 17.6 Å². The summed E-state index contributed by atoms with van der Waals surface area (Å²) in [5.74, 6) is -3.24. The molecule has 2 aromatic heterocycles. The first kappa shape index (κ1) is 27.1. The monoisotopic (exact) mass is 552 g/mol. The number of aromatic nitrogens is 3. The highest BCUT2D eigenvalue weighted by Gasteiger charge is 2.55. The molecule has 0 atom stereocenters. The zero-order valence-electron chi connectivity index (χ0n) is 19.6. The number of carbonyl (C=O) groups is 2. The summed E-state index contributed by atoms with van der Waals surface area (Å²) >= 11 is 6.55. The molecule has 5 rings (SSSR count). The van der Waals surface area contributed by atoms with E-state index < -0.39 is 23.6 Å². The number of nitrogens with one attached hydrogen (secondary N) is 2. The number of rotatable bonds is 5. The molecule has 1 aliphatic rings. The van der Waals surface area contributed by atoms with Crippen LogP contribution in [0.5, 0.6) is 0 Å². The molecule has 38 heavy (non-hydrogen) atoms. The largest absolute Gasteiger partial charge is 0.674 e. The summed E-state index contributed by atoms with van der Waals surface area (Å²) in [7, 11) is 0. The number of carbonyl (C=O) groups excluding carboxylic acids is 1. The second kappa shape index (κ2) is 10.1. The normalized spacial score (nSPS) is 14.1. The molecule has 200 valence electrons. The van der Waals surface area contributed by atoms with Crippen LogP contribution in [0.15, 0.2) is 47.0 Å². The van der Waals surface area contributed by atoms with Gasteiger partial charge in [-0.1, -0.05) is 34.5 Å². The first-order valence-corrected chi connectivity index (χ1v) is 11.4. The fourth-order valence-corrected chi connectivity index (χ4v) is 3.98. The fraction of sp³-hybridized carbons (Fsp3) is 0.250. The van der Waals surface area contributed by atoms with Gasteiger partial charge in [0.1, 0.15) is 17.1 Å². The molecule has 4 aromatic rings. The number of fused-ring (bicyclic) bond motifs is 1. The number of carboxylic acids is 1. The van der Waals surface area contributed by atoms with Crippen molar-refractivity contribution in [3.8, 4) is 17.2 Å². The summed E-state index contributed by atoms with van der Waals surface area (Å²) in [6.45, 7) is 1.90. The van der Waals surface area contributed by atoms with Crippen molar-refractivity contribution in [3.63, 3.8) is 0 Å². The lowest BCUT2D eigenvalue weighted by Gasteiger charge is -2.13. The maximum absolute atomic E-state index is 13.7. The number of hydrogen-bond acceptors (Lipinski definition) is 5. The van der Waals surface area contributed by atoms with Gasteiger partial charge in [0.2, 0.25) is 11.7 Å². The van der Waals surface area contributed by atoms with Crippen LogP contribution in [0.25, 0.3) is 33.8 Å². The Bertz CT molecular complexity index is 1510. The molecule has 1 fully saturated rings. The van der Waals surface area contributed by atoms with Crippen molar-refractivity contribution in [1.82, 2.24) is 20.0 Å². The van der Waals surface area contributed by atoms with Crippen LogP contribution in [0.3, 0.4) is 0 Å². The summed E-state index contributed by atoms with van der Waals surface area (Å²) in [6, 6.07) is 12.0. The molecular weight excluding hydrogens is 534 g/mol. The molecule has 9 nitrogen and oxygen atoms in total. The van der Waals surface area contributed by atoms with Crippen molar-refractivity contribution in [2.75, 3.05) is 0 Å². The molecule has 0 saturated heterocycles. The lowest BCUT2D eigenvalue weighted by Crippen LogP contribution is -2.48. The molecule has 0 aliphatic heterocycles. The standard InChI is InChI=1S/C18H13ClFN4O.C6H6F3NO3/c1-10-22-18(23-25-10)17-16(19)14-8-12(20)4-7-15(14)24(17)13-5-2-11(9-21)3-6-13;7-6(8,9)3(11)10-5(1-2-5)4(12)13/h2-8,21H,9H2,1H3;1-2H2,(H,10,11)(H,12,13)/q-1;. The molecule has 1 amide bonds. The quantitative estimate of drug-likeness (QED) is 0.309. The minimum absolute atomic E-state index is 0.0458. The van der Waals surface area contributed by atoms with Crippen molar-refractivity contribution in [2.45, 2.75) is 38.0 Å². The Kier molecular flexibility index (Phi) is 7.17. The zero-order chi connectivity index (χ0) is 27.8. The predicted molar refractivity (Wildman–Crippen MR) is 128 cm³/mol. The Balaban J connectivity index is 0.000000219. The number of carboxylic acid groups (broad SMARTS) is 1. The van der Waals surface area contributed by atoms with Gasteiger partial charge in [-0.05, 0) is 43.2 Å². The molecular formula is C24H19ClF4N5O4-. The summed E-state index contributed by atoms with van der Waals surface area (Å²) in [6.07, 6.45) is -4.93. The van der Waals surface area contributed by atoms with Crippen LogP contribution in [-0.4, -0.2) is 43.4 Å². The average molecular weight is 553 g/mol. The van der Waals surface area contributed by atoms with E-state index in [9.17, 15) is 27.2 Å². The zero-order valence-corrected chi connectivity index (χ0v) is 20.3. The van der Waals surface area contributed by atoms with Crippen LogP contribution < -0.4 is 5.32 Å². The minimum atomic E-state index is -5.02. The van der Waals surface area contributed by atoms with Crippen LogP contribution in [0.2, 0.25) is 5.02 Å². The van der Waals surface area contributed by atoms with E-state index in [1.54, 1.807) is 13.0 Å². The Morgan fingerprint density at radius 1 is 1.21 bits per heavy atom. The lowest BCUT2D eigenvalue weighted by molar-refractivity contribution is -0.176. The van der Waals surface area contributed by atoms with Crippen molar-refractivity contribution in [2.24, 2.45) is 0 Å². The molecule has 14 heteroatoms. The third-order valence-corrected chi connectivity index (χ3v) is 6.16. The van der Waals surface area contributed by atoms with E-state index >= 15 is 0 Å². The third kappa shape index (κ3) is 5.34. The SMILES string of the molecule is Cc1nc(-c2c(Cl)c3cc(F)ccc3n2-c2ccc(C[NH-])cc2)no1.O=C(NC1(C(=O)O)CC1)C(F)(F)F. The molecule has 2 heterocycles. The number of nitrogens with zero attached hydrogens (tertiary/aromatic N) is 3. The van der Waals surface area contributed by atoms with E-state index in [1.165, 1.54) is 17.4 Å². The molecule has 0 radical (unpaired) electrons. The molecule has 3 N–H and O–H groups in total. The van der Waals surface area contributed by atoms with E-state index in [4.69, 9.17) is 27.0 Å². The van der Waals surface area contributed by atoms with Crippen LogP contribution in [0, 0.1) is 12.7 Å². The van der Waals surface area contributed by atoms with Gasteiger partial charge >= 0.3 is 18.1 Å². The Morgan fingerprint density at radius 2 is 1.87 bits per heavy atom. The molecule has 1 saturated carbocycles. The van der Waals surface area contributed by atoms with Gasteiger partial charge in [0.25, 0.3) is 0 Å². The number of aryl methyl sites for hydroxylation is 1. The topological polar surface area (TPSA) is 134 Å². The van der Waals surface area contributed by atoms with Crippen LogP contribution in [-0.2, 0) is 16.1 Å². The summed E-state index contributed by atoms with van der Waals surface area (Å²) < 4.78 is 55.7. The second-order valence-electron chi connectivity index (χ2n) is 8.48. The predicted octanol–water partition coefficient (Wildman–Crippen LogP) is 5.62. The Morgan fingerprint density at radius 3 is 2.37 bits per heavy atom. The maximum atomic E-state index is 13.7. The van der Waals surface area contributed by atoms with Crippen molar-refractivity contribution in [3.05, 3.63) is 70.5 Å². The minimum Gasteiger partial charge on any atom is -0.674 e. The fourth-order valence-electron chi connectivity index (χ4n) is 3.66. The number of hydrogen-bond donors (Lipinski definition) is 2. The summed E-state index contributed by atoms with van der Waals surface area (Å²) in [5, 5.41) is 14.8. The summed E-state index contributed by atoms with van der Waals surface area (Å²) in [4.78, 5) is 25.0.